The lowest BCUT2D eigenvalue weighted by Gasteiger charge is -2.30. The summed E-state index contributed by atoms with van der Waals surface area (Å²) in [6.45, 7) is 4.77. The fourth-order valence-electron chi connectivity index (χ4n) is 9.04. The molecular weight excluding hydrogens is 828 g/mol. The summed E-state index contributed by atoms with van der Waals surface area (Å²) in [5.74, 6) is -0.157. The van der Waals surface area contributed by atoms with Crippen molar-refractivity contribution in [2.75, 3.05) is 40.9 Å². The average molecular weight is 944 g/mol. The van der Waals surface area contributed by atoms with Crippen LogP contribution >= 0.6 is 7.82 Å². The Kier molecular flexibility index (Phi) is 48.1. The number of hydrogen-bond acceptors (Lipinski definition) is 6. The highest BCUT2D eigenvalue weighted by molar-refractivity contribution is 7.45. The van der Waals surface area contributed by atoms with Gasteiger partial charge in [0.25, 0.3) is 7.82 Å². The van der Waals surface area contributed by atoms with Crippen LogP contribution in [0.25, 0.3) is 0 Å². The van der Waals surface area contributed by atoms with Gasteiger partial charge in [0.05, 0.1) is 39.9 Å². The van der Waals surface area contributed by atoms with Crippen molar-refractivity contribution in [3.05, 3.63) is 0 Å². The molecule has 65 heavy (non-hydrogen) atoms. The van der Waals surface area contributed by atoms with Crippen molar-refractivity contribution >= 4 is 13.7 Å². The standard InChI is InChI=1S/C56H115N2O6P/c1-6-8-10-12-14-16-18-20-22-23-24-25-26-27-28-29-30-31-32-33-34-35-36-38-40-42-44-46-48-50-56(60)57-54(53-64-65(61,62)63-52-51-58(3,4)5)55(59)49-47-45-43-41-39-37-21-19-17-15-13-11-9-7-2/h54-55,59H,6-53H2,1-5H3,(H-,57,60,61,62). The molecule has 390 valence electrons. The molecule has 0 aliphatic heterocycles. The molecule has 2 N–H and O–H groups in total. The number of nitrogens with zero attached hydrogens (tertiary/aromatic N) is 1. The Hall–Kier alpha value is -0.500. The van der Waals surface area contributed by atoms with E-state index in [1.54, 1.807) is 0 Å². The van der Waals surface area contributed by atoms with E-state index < -0.39 is 20.0 Å². The van der Waals surface area contributed by atoms with Gasteiger partial charge in [-0.2, -0.15) is 0 Å². The van der Waals surface area contributed by atoms with E-state index in [2.05, 4.69) is 19.2 Å². The van der Waals surface area contributed by atoms with Crippen molar-refractivity contribution in [1.29, 1.82) is 0 Å². The molecule has 0 aromatic carbocycles. The number of carbonyl (C=O) groups excluding carboxylic acids is 1. The monoisotopic (exact) mass is 943 g/mol. The minimum absolute atomic E-state index is 0.0164. The quantitative estimate of drug-likeness (QED) is 0.0357. The zero-order valence-electron chi connectivity index (χ0n) is 44.5. The molecule has 9 heteroatoms. The molecule has 0 aromatic rings. The van der Waals surface area contributed by atoms with Crippen molar-refractivity contribution < 1.29 is 32.9 Å². The number of phosphoric ester groups is 1. The Labute approximate surface area is 406 Å². The number of aliphatic hydroxyl groups excluding tert-OH is 1. The minimum Gasteiger partial charge on any atom is -0.756 e. The van der Waals surface area contributed by atoms with Gasteiger partial charge in [-0.25, -0.2) is 0 Å². The molecule has 0 aliphatic carbocycles. The molecule has 0 spiro atoms. The lowest BCUT2D eigenvalue weighted by molar-refractivity contribution is -0.870. The molecule has 0 rings (SSSR count). The number of carbonyl (C=O) groups is 1. The van der Waals surface area contributed by atoms with Crippen molar-refractivity contribution in [3.63, 3.8) is 0 Å². The Morgan fingerprint density at radius 1 is 0.477 bits per heavy atom. The second kappa shape index (κ2) is 48.5. The highest BCUT2D eigenvalue weighted by atomic mass is 31.2. The van der Waals surface area contributed by atoms with E-state index in [1.807, 2.05) is 21.1 Å². The Bertz CT molecular complexity index is 1030. The smallest absolute Gasteiger partial charge is 0.268 e. The van der Waals surface area contributed by atoms with Gasteiger partial charge < -0.3 is 28.8 Å². The molecule has 3 atom stereocenters. The SMILES string of the molecule is CCCCCCCCCCCCCCCCCCCCCCCCCCCCCCCC(=O)NC(COP(=O)([O-])OCC[N+](C)(C)C)C(O)CCCCCCCCCCCCCCCC. The highest BCUT2D eigenvalue weighted by Gasteiger charge is 2.24. The van der Waals surface area contributed by atoms with Gasteiger partial charge in [0.15, 0.2) is 0 Å². The first-order valence-corrected chi connectivity index (χ1v) is 30.3. The van der Waals surface area contributed by atoms with Crippen LogP contribution in [-0.2, 0) is 18.4 Å². The zero-order chi connectivity index (χ0) is 47.8. The molecule has 1 amide bonds. The summed E-state index contributed by atoms with van der Waals surface area (Å²) in [5.41, 5.74) is 0. The van der Waals surface area contributed by atoms with Gasteiger partial charge in [-0.05, 0) is 12.8 Å². The zero-order valence-corrected chi connectivity index (χ0v) is 45.4. The largest absolute Gasteiger partial charge is 0.756 e. The maximum atomic E-state index is 13.0. The van der Waals surface area contributed by atoms with Crippen LogP contribution in [0.5, 0.6) is 0 Å². The first-order chi connectivity index (χ1) is 31.5. The molecule has 0 fully saturated rings. The molecule has 0 heterocycles. The number of amides is 1. The molecular formula is C56H115N2O6P. The van der Waals surface area contributed by atoms with Crippen LogP contribution < -0.4 is 10.2 Å². The van der Waals surface area contributed by atoms with E-state index in [-0.39, 0.29) is 19.1 Å². The lowest BCUT2D eigenvalue weighted by Crippen LogP contribution is -2.46. The van der Waals surface area contributed by atoms with Gasteiger partial charge in [-0.15, -0.1) is 0 Å². The van der Waals surface area contributed by atoms with Gasteiger partial charge in [0, 0.05) is 6.42 Å². The van der Waals surface area contributed by atoms with E-state index in [0.29, 0.717) is 23.9 Å². The molecule has 0 saturated carbocycles. The van der Waals surface area contributed by atoms with Gasteiger partial charge in [0.1, 0.15) is 13.2 Å². The molecule has 0 radical (unpaired) electrons. The van der Waals surface area contributed by atoms with Gasteiger partial charge >= 0.3 is 0 Å². The number of quaternary nitrogens is 1. The molecule has 3 unspecified atom stereocenters. The van der Waals surface area contributed by atoms with Crippen molar-refractivity contribution in [2.24, 2.45) is 0 Å². The number of aliphatic hydroxyl groups is 1. The topological polar surface area (TPSA) is 108 Å². The van der Waals surface area contributed by atoms with Crippen molar-refractivity contribution in [1.82, 2.24) is 5.32 Å². The first kappa shape index (κ1) is 64.5. The van der Waals surface area contributed by atoms with Gasteiger partial charge in [-0.3, -0.25) is 9.36 Å². The number of unbranched alkanes of at least 4 members (excludes halogenated alkanes) is 41. The van der Waals surface area contributed by atoms with Gasteiger partial charge in [-0.1, -0.05) is 284 Å². The number of likely N-dealkylation sites (N-methyl/N-ethyl adjacent to an activating group) is 1. The summed E-state index contributed by atoms with van der Waals surface area (Å²) < 4.78 is 23.4. The van der Waals surface area contributed by atoms with Crippen LogP contribution in [-0.4, -0.2) is 68.5 Å². The van der Waals surface area contributed by atoms with Crippen LogP contribution in [0, 0.1) is 0 Å². The molecule has 8 nitrogen and oxygen atoms in total. The Morgan fingerprint density at radius 2 is 0.754 bits per heavy atom. The second-order valence-electron chi connectivity index (χ2n) is 21.4. The second-order valence-corrected chi connectivity index (χ2v) is 22.8. The maximum absolute atomic E-state index is 13.0. The normalized spacial score (nSPS) is 13.9. The van der Waals surface area contributed by atoms with Crippen LogP contribution in [0.15, 0.2) is 0 Å². The first-order valence-electron chi connectivity index (χ1n) is 28.9. The third-order valence-corrected chi connectivity index (χ3v) is 14.6. The number of phosphoric acid groups is 1. The van der Waals surface area contributed by atoms with E-state index in [9.17, 15) is 19.4 Å². The highest BCUT2D eigenvalue weighted by Crippen LogP contribution is 2.38. The number of nitrogens with one attached hydrogen (secondary N) is 1. The molecule has 0 bridgehead atoms. The number of rotatable bonds is 54. The van der Waals surface area contributed by atoms with Crippen molar-refractivity contribution in [3.8, 4) is 0 Å². The minimum atomic E-state index is -4.56. The maximum Gasteiger partial charge on any atom is 0.268 e. The van der Waals surface area contributed by atoms with Crippen LogP contribution in [0.4, 0.5) is 0 Å². The van der Waals surface area contributed by atoms with Crippen LogP contribution in [0.1, 0.15) is 303 Å². The molecule has 0 aliphatic rings. The predicted molar refractivity (Wildman–Crippen MR) is 279 cm³/mol. The average Bonchev–Trinajstić information content (AvgIpc) is 3.26. The van der Waals surface area contributed by atoms with Crippen LogP contribution in [0.3, 0.4) is 0 Å². The summed E-state index contributed by atoms with van der Waals surface area (Å²) in [4.78, 5) is 25.5. The third-order valence-electron chi connectivity index (χ3n) is 13.6. The summed E-state index contributed by atoms with van der Waals surface area (Å²) in [7, 11) is 1.32. The Balaban J connectivity index is 4.00. The molecule has 0 saturated heterocycles. The fourth-order valence-corrected chi connectivity index (χ4v) is 9.77. The fraction of sp³-hybridized carbons (Fsp3) is 0.982. The van der Waals surface area contributed by atoms with Gasteiger partial charge in [0.2, 0.25) is 5.91 Å². The van der Waals surface area contributed by atoms with Crippen molar-refractivity contribution in [2.45, 2.75) is 315 Å². The lowest BCUT2D eigenvalue weighted by atomic mass is 10.0. The van der Waals surface area contributed by atoms with E-state index >= 15 is 0 Å². The summed E-state index contributed by atoms with van der Waals surface area (Å²) in [6, 6.07) is -0.794. The Morgan fingerprint density at radius 3 is 1.05 bits per heavy atom. The predicted octanol–water partition coefficient (Wildman–Crippen LogP) is 16.6. The van der Waals surface area contributed by atoms with E-state index in [1.165, 1.54) is 238 Å². The third kappa shape index (κ3) is 51.2. The summed E-state index contributed by atoms with van der Waals surface area (Å²) in [5, 5.41) is 14.0. The summed E-state index contributed by atoms with van der Waals surface area (Å²) >= 11 is 0. The number of hydrogen-bond donors (Lipinski definition) is 2. The van der Waals surface area contributed by atoms with Crippen LogP contribution in [0.2, 0.25) is 0 Å². The summed E-state index contributed by atoms with van der Waals surface area (Å²) in [6.07, 6.45) is 57.1. The molecule has 0 aromatic heterocycles. The van der Waals surface area contributed by atoms with E-state index in [0.717, 1.165) is 38.5 Å². The van der Waals surface area contributed by atoms with E-state index in [4.69, 9.17) is 9.05 Å².